The summed E-state index contributed by atoms with van der Waals surface area (Å²) in [5.74, 6) is -0.845. The van der Waals surface area contributed by atoms with Gasteiger partial charge in [-0.1, -0.05) is 11.6 Å². The Morgan fingerprint density at radius 3 is 2.47 bits per heavy atom. The van der Waals surface area contributed by atoms with Crippen molar-refractivity contribution in [1.82, 2.24) is 0 Å². The van der Waals surface area contributed by atoms with E-state index in [4.69, 9.17) is 22.1 Å². The first-order valence-electron chi connectivity index (χ1n) is 5.68. The van der Waals surface area contributed by atoms with Crippen LogP contribution in [-0.2, 0) is 0 Å². The number of alkyl halides is 3. The number of rotatable bonds is 5. The van der Waals surface area contributed by atoms with E-state index >= 15 is 0 Å². The summed E-state index contributed by atoms with van der Waals surface area (Å²) in [7, 11) is 0. The van der Waals surface area contributed by atoms with Crippen LogP contribution in [0.3, 0.4) is 0 Å². The number of nitrogens with two attached hydrogens (primary N) is 1. The molecule has 0 unspecified atom stereocenters. The van der Waals surface area contributed by atoms with Gasteiger partial charge in [0.05, 0.1) is 11.6 Å². The van der Waals surface area contributed by atoms with Gasteiger partial charge in [-0.2, -0.15) is 13.2 Å². The molecule has 0 amide bonds. The lowest BCUT2D eigenvalue weighted by molar-refractivity contribution is -0.136. The molecule has 0 radical (unpaired) electrons. The van der Waals surface area contributed by atoms with Crippen molar-refractivity contribution in [2.45, 2.75) is 32.0 Å². The molecule has 2 N–H and O–H groups in total. The zero-order chi connectivity index (χ0) is 14.6. The minimum absolute atomic E-state index is 0.000640. The lowest BCUT2D eigenvalue weighted by Crippen LogP contribution is -2.16. The van der Waals surface area contributed by atoms with Gasteiger partial charge in [-0.3, -0.25) is 0 Å². The Balaban J connectivity index is 2.84. The highest BCUT2D eigenvalue weighted by molar-refractivity contribution is 6.32. The van der Waals surface area contributed by atoms with Crippen molar-refractivity contribution in [3.05, 3.63) is 28.5 Å². The van der Waals surface area contributed by atoms with Crippen LogP contribution in [0.2, 0.25) is 5.02 Å². The maximum Gasteiger partial charge on any atom is 0.389 e. The van der Waals surface area contributed by atoms with E-state index in [1.165, 1.54) is 6.07 Å². The zero-order valence-electron chi connectivity index (χ0n) is 10.2. The van der Waals surface area contributed by atoms with Gasteiger partial charge in [-0.25, -0.2) is 4.39 Å². The minimum Gasteiger partial charge on any atom is -0.489 e. The molecule has 1 aromatic rings. The van der Waals surface area contributed by atoms with Crippen LogP contribution in [0.5, 0.6) is 5.75 Å². The Morgan fingerprint density at radius 1 is 1.37 bits per heavy atom. The average molecular weight is 300 g/mol. The van der Waals surface area contributed by atoms with Crippen molar-refractivity contribution in [1.29, 1.82) is 0 Å². The summed E-state index contributed by atoms with van der Waals surface area (Å²) in [5, 5.41) is -0.000640. The monoisotopic (exact) mass is 299 g/mol. The first kappa shape index (κ1) is 16.0. The molecule has 108 valence electrons. The van der Waals surface area contributed by atoms with Crippen LogP contribution in [-0.4, -0.2) is 12.8 Å². The normalized spacial score (nSPS) is 13.4. The SMILES string of the molecule is CCOc1c(F)cc([C@H](N)CCC(F)(F)F)cc1Cl. The summed E-state index contributed by atoms with van der Waals surface area (Å²) in [4.78, 5) is 0. The van der Waals surface area contributed by atoms with Crippen LogP contribution in [0.1, 0.15) is 31.4 Å². The van der Waals surface area contributed by atoms with Crippen molar-refractivity contribution in [2.24, 2.45) is 5.73 Å². The Hall–Kier alpha value is -1.01. The number of hydrogen-bond donors (Lipinski definition) is 1. The molecule has 0 aliphatic rings. The van der Waals surface area contributed by atoms with Crippen LogP contribution in [0.4, 0.5) is 17.6 Å². The smallest absolute Gasteiger partial charge is 0.389 e. The molecular formula is C12H14ClF4NO. The molecule has 0 aromatic heterocycles. The van der Waals surface area contributed by atoms with Crippen LogP contribution in [0, 0.1) is 5.82 Å². The molecule has 7 heteroatoms. The third-order valence-corrected chi connectivity index (χ3v) is 2.76. The fourth-order valence-corrected chi connectivity index (χ4v) is 1.83. The quantitative estimate of drug-likeness (QED) is 0.826. The van der Waals surface area contributed by atoms with Crippen LogP contribution < -0.4 is 10.5 Å². The second-order valence-corrected chi connectivity index (χ2v) is 4.41. The average Bonchev–Trinajstić information content (AvgIpc) is 2.29. The first-order chi connectivity index (χ1) is 8.74. The van der Waals surface area contributed by atoms with Crippen molar-refractivity contribution >= 4 is 11.6 Å². The Labute approximate surface area is 113 Å². The summed E-state index contributed by atoms with van der Waals surface area (Å²) in [6, 6.07) is 1.46. The van der Waals surface area contributed by atoms with E-state index < -0.39 is 24.5 Å². The van der Waals surface area contributed by atoms with E-state index in [0.717, 1.165) is 6.07 Å². The molecule has 0 aliphatic carbocycles. The molecule has 0 saturated heterocycles. The molecule has 19 heavy (non-hydrogen) atoms. The topological polar surface area (TPSA) is 35.2 Å². The van der Waals surface area contributed by atoms with E-state index in [1.54, 1.807) is 6.92 Å². The van der Waals surface area contributed by atoms with Crippen molar-refractivity contribution in [2.75, 3.05) is 6.61 Å². The van der Waals surface area contributed by atoms with Gasteiger partial charge in [0.1, 0.15) is 0 Å². The number of hydrogen-bond acceptors (Lipinski definition) is 2. The minimum atomic E-state index is -4.29. The molecule has 1 rings (SSSR count). The van der Waals surface area contributed by atoms with Crippen LogP contribution in [0.15, 0.2) is 12.1 Å². The predicted octanol–water partition coefficient (Wildman–Crippen LogP) is 4.22. The van der Waals surface area contributed by atoms with Crippen LogP contribution in [0.25, 0.3) is 0 Å². The largest absolute Gasteiger partial charge is 0.489 e. The number of ether oxygens (including phenoxy) is 1. The third-order valence-electron chi connectivity index (χ3n) is 2.48. The van der Waals surface area contributed by atoms with Gasteiger partial charge in [0, 0.05) is 12.5 Å². The Bertz CT molecular complexity index is 413. The molecule has 0 bridgehead atoms. The fraction of sp³-hybridized carbons (Fsp3) is 0.500. The summed E-state index contributed by atoms with van der Waals surface area (Å²) in [6.07, 6.45) is -5.64. The van der Waals surface area contributed by atoms with Crippen molar-refractivity contribution < 1.29 is 22.3 Å². The second-order valence-electron chi connectivity index (χ2n) is 4.01. The maximum atomic E-state index is 13.6. The van der Waals surface area contributed by atoms with E-state index in [-0.39, 0.29) is 29.4 Å². The molecule has 1 aromatic carbocycles. The van der Waals surface area contributed by atoms with E-state index in [9.17, 15) is 17.6 Å². The molecule has 0 heterocycles. The number of benzene rings is 1. The van der Waals surface area contributed by atoms with Crippen molar-refractivity contribution in [3.63, 3.8) is 0 Å². The van der Waals surface area contributed by atoms with E-state index in [1.807, 2.05) is 0 Å². The third kappa shape index (κ3) is 4.87. The van der Waals surface area contributed by atoms with E-state index in [2.05, 4.69) is 0 Å². The predicted molar refractivity (Wildman–Crippen MR) is 64.8 cm³/mol. The van der Waals surface area contributed by atoms with Gasteiger partial charge in [-0.15, -0.1) is 0 Å². The van der Waals surface area contributed by atoms with Gasteiger partial charge >= 0.3 is 6.18 Å². The van der Waals surface area contributed by atoms with Crippen molar-refractivity contribution in [3.8, 4) is 5.75 Å². The Kier molecular flexibility index (Phi) is 5.43. The first-order valence-corrected chi connectivity index (χ1v) is 6.06. The molecule has 2 nitrogen and oxygen atoms in total. The summed E-state index contributed by atoms with van der Waals surface area (Å²) in [5.41, 5.74) is 5.82. The highest BCUT2D eigenvalue weighted by Crippen LogP contribution is 2.33. The fourth-order valence-electron chi connectivity index (χ4n) is 1.56. The lowest BCUT2D eigenvalue weighted by Gasteiger charge is -2.15. The standard InChI is InChI=1S/C12H14ClF4NO/c1-2-19-11-8(13)5-7(6-9(11)14)10(18)3-4-12(15,16)17/h5-6,10H,2-4,18H2,1H3/t10-/m1/s1. The van der Waals surface area contributed by atoms with Crippen LogP contribution >= 0.6 is 11.6 Å². The molecule has 1 atom stereocenters. The summed E-state index contributed by atoms with van der Waals surface area (Å²) < 4.78 is 54.9. The second kappa shape index (κ2) is 6.43. The zero-order valence-corrected chi connectivity index (χ0v) is 11.0. The molecule has 0 fully saturated rings. The molecule has 0 spiro atoms. The molecule has 0 aliphatic heterocycles. The van der Waals surface area contributed by atoms with Gasteiger partial charge in [0.15, 0.2) is 11.6 Å². The summed E-state index contributed by atoms with van der Waals surface area (Å²) >= 11 is 5.80. The lowest BCUT2D eigenvalue weighted by atomic mass is 10.0. The number of halogens is 5. The summed E-state index contributed by atoms with van der Waals surface area (Å²) in [6.45, 7) is 1.90. The van der Waals surface area contributed by atoms with Gasteiger partial charge in [0.2, 0.25) is 0 Å². The van der Waals surface area contributed by atoms with Gasteiger partial charge in [-0.05, 0) is 31.0 Å². The highest BCUT2D eigenvalue weighted by atomic mass is 35.5. The van der Waals surface area contributed by atoms with E-state index in [0.29, 0.717) is 0 Å². The van der Waals surface area contributed by atoms with Gasteiger partial charge < -0.3 is 10.5 Å². The Morgan fingerprint density at radius 2 is 2.00 bits per heavy atom. The molecule has 0 saturated carbocycles. The highest BCUT2D eigenvalue weighted by Gasteiger charge is 2.28. The molecular weight excluding hydrogens is 286 g/mol. The van der Waals surface area contributed by atoms with Gasteiger partial charge in [0.25, 0.3) is 0 Å². The maximum absolute atomic E-state index is 13.6.